The van der Waals surface area contributed by atoms with Crippen LogP contribution < -0.4 is 5.32 Å². The third kappa shape index (κ3) is 4.39. The van der Waals surface area contributed by atoms with E-state index in [4.69, 9.17) is 0 Å². The van der Waals surface area contributed by atoms with Crippen molar-refractivity contribution in [3.8, 4) is 0 Å². The zero-order chi connectivity index (χ0) is 15.3. The maximum Gasteiger partial charge on any atom is 0.281 e. The van der Waals surface area contributed by atoms with E-state index in [0.717, 1.165) is 39.0 Å². The number of hydrogen-bond acceptors (Lipinski definition) is 4. The minimum absolute atomic E-state index is 0.428. The van der Waals surface area contributed by atoms with E-state index < -0.39 is 10.2 Å². The van der Waals surface area contributed by atoms with E-state index in [1.54, 1.807) is 11.4 Å². The minimum Gasteiger partial charge on any atom is -0.317 e. The predicted molar refractivity (Wildman–Crippen MR) is 85.5 cm³/mol. The molecule has 0 bridgehead atoms. The number of hydrogen-bond donors (Lipinski definition) is 1. The number of nitrogens with zero attached hydrogens (tertiary/aromatic N) is 3. The second-order valence-corrected chi connectivity index (χ2v) is 8.12. The highest BCUT2D eigenvalue weighted by Gasteiger charge is 2.35. The van der Waals surface area contributed by atoms with Gasteiger partial charge in [0, 0.05) is 39.3 Å². The molecule has 7 heteroatoms. The van der Waals surface area contributed by atoms with E-state index in [9.17, 15) is 8.42 Å². The highest BCUT2D eigenvalue weighted by Crippen LogP contribution is 2.23. The van der Waals surface area contributed by atoms with Crippen molar-refractivity contribution in [1.29, 1.82) is 0 Å². The highest BCUT2D eigenvalue weighted by molar-refractivity contribution is 7.86. The van der Waals surface area contributed by atoms with E-state index in [1.165, 1.54) is 17.1 Å². The average Bonchev–Trinajstić information content (AvgIpc) is 2.50. The summed E-state index contributed by atoms with van der Waals surface area (Å²) in [5.41, 5.74) is 0. The van der Waals surface area contributed by atoms with Crippen molar-refractivity contribution < 1.29 is 8.42 Å². The van der Waals surface area contributed by atoms with Gasteiger partial charge in [0.25, 0.3) is 10.2 Å². The molecule has 0 radical (unpaired) electrons. The van der Waals surface area contributed by atoms with Crippen molar-refractivity contribution >= 4 is 10.2 Å². The zero-order valence-electron chi connectivity index (χ0n) is 13.4. The number of piperidine rings is 1. The van der Waals surface area contributed by atoms with Crippen molar-refractivity contribution in [1.82, 2.24) is 18.8 Å². The van der Waals surface area contributed by atoms with Gasteiger partial charge in [-0.05, 0) is 38.9 Å². The SMILES string of the molecule is CCNCCCN(C)S(=O)(=O)N1CCN2CCCCC2C1. The van der Waals surface area contributed by atoms with Crippen LogP contribution >= 0.6 is 0 Å². The molecule has 2 saturated heterocycles. The Morgan fingerprint density at radius 1 is 1.24 bits per heavy atom. The van der Waals surface area contributed by atoms with Gasteiger partial charge >= 0.3 is 0 Å². The van der Waals surface area contributed by atoms with E-state index in [2.05, 4.69) is 17.1 Å². The van der Waals surface area contributed by atoms with Crippen molar-refractivity contribution in [3.05, 3.63) is 0 Å². The first kappa shape index (κ1) is 17.1. The van der Waals surface area contributed by atoms with Crippen molar-refractivity contribution in [2.24, 2.45) is 0 Å². The van der Waals surface area contributed by atoms with Gasteiger partial charge in [-0.25, -0.2) is 0 Å². The Balaban J connectivity index is 1.86. The first-order valence-corrected chi connectivity index (χ1v) is 9.61. The van der Waals surface area contributed by atoms with Gasteiger partial charge in [-0.2, -0.15) is 17.0 Å². The smallest absolute Gasteiger partial charge is 0.281 e. The minimum atomic E-state index is -3.29. The maximum absolute atomic E-state index is 12.6. The summed E-state index contributed by atoms with van der Waals surface area (Å²) < 4.78 is 28.5. The Bertz CT molecular complexity index is 415. The van der Waals surface area contributed by atoms with Gasteiger partial charge in [0.2, 0.25) is 0 Å². The molecular formula is C14H30N4O2S. The first-order chi connectivity index (χ1) is 10.1. The van der Waals surface area contributed by atoms with Crippen LogP contribution in [-0.4, -0.2) is 80.8 Å². The highest BCUT2D eigenvalue weighted by atomic mass is 32.2. The molecule has 0 aromatic heterocycles. The lowest BCUT2D eigenvalue weighted by molar-refractivity contribution is 0.0826. The zero-order valence-corrected chi connectivity index (χ0v) is 14.2. The van der Waals surface area contributed by atoms with Gasteiger partial charge in [-0.3, -0.25) is 4.90 Å². The molecule has 0 aliphatic carbocycles. The quantitative estimate of drug-likeness (QED) is 0.688. The number of piperazine rings is 1. The van der Waals surface area contributed by atoms with Crippen molar-refractivity contribution in [2.75, 3.05) is 52.9 Å². The maximum atomic E-state index is 12.6. The van der Waals surface area contributed by atoms with Gasteiger partial charge in [0.05, 0.1) is 0 Å². The van der Waals surface area contributed by atoms with Crippen LogP contribution in [0.5, 0.6) is 0 Å². The Morgan fingerprint density at radius 3 is 2.81 bits per heavy atom. The third-order valence-corrected chi connectivity index (χ3v) is 6.55. The lowest BCUT2D eigenvalue weighted by Crippen LogP contribution is -2.58. The molecule has 2 rings (SSSR count). The lowest BCUT2D eigenvalue weighted by atomic mass is 10.0. The Morgan fingerprint density at radius 2 is 2.05 bits per heavy atom. The number of nitrogens with one attached hydrogen (secondary N) is 1. The van der Waals surface area contributed by atoms with Crippen molar-refractivity contribution in [3.63, 3.8) is 0 Å². The molecule has 0 amide bonds. The summed E-state index contributed by atoms with van der Waals surface area (Å²) in [6.07, 6.45) is 4.48. The van der Waals surface area contributed by atoms with Gasteiger partial charge in [-0.15, -0.1) is 0 Å². The molecular weight excluding hydrogens is 288 g/mol. The van der Waals surface area contributed by atoms with Crippen LogP contribution in [0, 0.1) is 0 Å². The molecule has 2 heterocycles. The second-order valence-electron chi connectivity index (χ2n) is 6.08. The third-order valence-electron chi connectivity index (χ3n) is 4.60. The molecule has 0 saturated carbocycles. The van der Waals surface area contributed by atoms with E-state index in [1.807, 2.05) is 0 Å². The molecule has 0 aromatic rings. The summed E-state index contributed by atoms with van der Waals surface area (Å²) in [5, 5.41) is 3.23. The van der Waals surface area contributed by atoms with Crippen LogP contribution in [0.1, 0.15) is 32.6 Å². The van der Waals surface area contributed by atoms with Crippen LogP contribution in [0.3, 0.4) is 0 Å². The van der Waals surface area contributed by atoms with Crippen LogP contribution in [-0.2, 0) is 10.2 Å². The fraction of sp³-hybridized carbons (Fsp3) is 1.00. The Labute approximate surface area is 129 Å². The molecule has 1 N–H and O–H groups in total. The monoisotopic (exact) mass is 318 g/mol. The Kier molecular flexibility index (Phi) is 6.43. The van der Waals surface area contributed by atoms with Gasteiger partial charge in [0.1, 0.15) is 0 Å². The van der Waals surface area contributed by atoms with Gasteiger partial charge in [0.15, 0.2) is 0 Å². The molecule has 124 valence electrons. The van der Waals surface area contributed by atoms with Gasteiger partial charge < -0.3 is 5.32 Å². The molecule has 1 unspecified atom stereocenters. The fourth-order valence-electron chi connectivity index (χ4n) is 3.25. The van der Waals surface area contributed by atoms with E-state index >= 15 is 0 Å². The first-order valence-electron chi connectivity index (χ1n) is 8.22. The average molecular weight is 318 g/mol. The summed E-state index contributed by atoms with van der Waals surface area (Å²) in [7, 11) is -1.58. The Hall–Kier alpha value is -0.210. The summed E-state index contributed by atoms with van der Waals surface area (Å²) in [6, 6.07) is 0.428. The summed E-state index contributed by atoms with van der Waals surface area (Å²) in [5.74, 6) is 0. The summed E-state index contributed by atoms with van der Waals surface area (Å²) in [4.78, 5) is 2.46. The molecule has 2 aliphatic rings. The predicted octanol–water partition coefficient (Wildman–Crippen LogP) is 0.333. The van der Waals surface area contributed by atoms with Gasteiger partial charge in [-0.1, -0.05) is 13.3 Å². The van der Waals surface area contributed by atoms with Crippen LogP contribution in [0.15, 0.2) is 0 Å². The van der Waals surface area contributed by atoms with Crippen molar-refractivity contribution in [2.45, 2.75) is 38.6 Å². The molecule has 2 aliphatic heterocycles. The summed E-state index contributed by atoms with van der Waals surface area (Å²) in [6.45, 7) is 7.76. The largest absolute Gasteiger partial charge is 0.317 e. The normalized spacial score (nSPS) is 25.2. The second kappa shape index (κ2) is 7.87. The molecule has 0 spiro atoms. The molecule has 1 atom stereocenters. The fourth-order valence-corrected chi connectivity index (χ4v) is 4.68. The van der Waals surface area contributed by atoms with Crippen LogP contribution in [0.25, 0.3) is 0 Å². The molecule has 21 heavy (non-hydrogen) atoms. The van der Waals surface area contributed by atoms with E-state index in [0.29, 0.717) is 25.7 Å². The lowest BCUT2D eigenvalue weighted by Gasteiger charge is -2.44. The van der Waals surface area contributed by atoms with E-state index in [-0.39, 0.29) is 0 Å². The molecule has 0 aromatic carbocycles. The number of fused-ring (bicyclic) bond motifs is 1. The standard InChI is InChI=1S/C14H30N4O2S/c1-3-15-8-6-9-16(2)21(19,20)18-12-11-17-10-5-4-7-14(17)13-18/h14-15H,3-13H2,1-2H3. The summed E-state index contributed by atoms with van der Waals surface area (Å²) >= 11 is 0. The van der Waals surface area contributed by atoms with Crippen LogP contribution in [0.4, 0.5) is 0 Å². The van der Waals surface area contributed by atoms with Crippen LogP contribution in [0.2, 0.25) is 0 Å². The number of rotatable bonds is 7. The molecule has 6 nitrogen and oxygen atoms in total. The molecule has 2 fully saturated rings. The topological polar surface area (TPSA) is 55.9 Å².